The number of urea groups is 1. The quantitative estimate of drug-likeness (QED) is 0.753. The average molecular weight is 282 g/mol. The molecule has 6 nitrogen and oxygen atoms in total. The molecule has 0 aromatic heterocycles. The Bertz CT molecular complexity index is 690. The minimum absolute atomic E-state index is 0.399. The van der Waals surface area contributed by atoms with Crippen molar-refractivity contribution >= 4 is 23.1 Å². The molecule has 6 heteroatoms. The first-order chi connectivity index (χ1) is 10.1. The van der Waals surface area contributed by atoms with Crippen molar-refractivity contribution < 1.29 is 9.53 Å². The highest BCUT2D eigenvalue weighted by Crippen LogP contribution is 2.24. The molecule has 0 unspecified atom stereocenters. The second kappa shape index (κ2) is 6.30. The van der Waals surface area contributed by atoms with Gasteiger partial charge in [0.25, 0.3) is 0 Å². The van der Waals surface area contributed by atoms with Crippen molar-refractivity contribution in [1.82, 2.24) is 0 Å². The van der Waals surface area contributed by atoms with Gasteiger partial charge in [-0.1, -0.05) is 0 Å². The summed E-state index contributed by atoms with van der Waals surface area (Å²) < 4.78 is 5.04. The molecular weight excluding hydrogens is 268 g/mol. The molecule has 0 saturated carbocycles. The van der Waals surface area contributed by atoms with Gasteiger partial charge in [-0.05, 0) is 42.5 Å². The number of carbonyl (C=O) groups excluding carboxylic acids is 1. The van der Waals surface area contributed by atoms with Crippen LogP contribution in [0.5, 0.6) is 5.75 Å². The van der Waals surface area contributed by atoms with Gasteiger partial charge in [0.2, 0.25) is 0 Å². The molecule has 0 fully saturated rings. The summed E-state index contributed by atoms with van der Waals surface area (Å²) in [4.78, 5) is 11.8. The van der Waals surface area contributed by atoms with Crippen LogP contribution in [-0.2, 0) is 0 Å². The number of nitrogens with two attached hydrogens (primary N) is 1. The molecule has 2 rings (SSSR count). The molecule has 0 radical (unpaired) electrons. The number of anilines is 3. The lowest BCUT2D eigenvalue weighted by Gasteiger charge is -2.10. The van der Waals surface area contributed by atoms with E-state index in [2.05, 4.69) is 10.6 Å². The first-order valence-corrected chi connectivity index (χ1v) is 6.14. The second-order valence-electron chi connectivity index (χ2n) is 4.23. The van der Waals surface area contributed by atoms with Gasteiger partial charge in [0, 0.05) is 11.4 Å². The molecule has 4 N–H and O–H groups in total. The Morgan fingerprint density at radius 1 is 1.14 bits per heavy atom. The summed E-state index contributed by atoms with van der Waals surface area (Å²) in [7, 11) is 1.52. The number of ether oxygens (including phenoxy) is 1. The van der Waals surface area contributed by atoms with Gasteiger partial charge in [-0.3, -0.25) is 0 Å². The lowest BCUT2D eigenvalue weighted by molar-refractivity contribution is 0.262. The van der Waals surface area contributed by atoms with Crippen LogP contribution in [0.3, 0.4) is 0 Å². The van der Waals surface area contributed by atoms with Crippen molar-refractivity contribution in [2.75, 3.05) is 23.5 Å². The van der Waals surface area contributed by atoms with Gasteiger partial charge < -0.3 is 21.1 Å². The molecule has 21 heavy (non-hydrogen) atoms. The Morgan fingerprint density at radius 3 is 2.33 bits per heavy atom. The van der Waals surface area contributed by atoms with Crippen molar-refractivity contribution in [3.05, 3.63) is 48.0 Å². The highest BCUT2D eigenvalue weighted by atomic mass is 16.5. The van der Waals surface area contributed by atoms with E-state index in [0.29, 0.717) is 28.4 Å². The molecule has 0 atom stereocenters. The number of rotatable bonds is 3. The highest BCUT2D eigenvalue weighted by molar-refractivity contribution is 6.00. The third kappa shape index (κ3) is 3.64. The van der Waals surface area contributed by atoms with E-state index < -0.39 is 6.03 Å². The van der Waals surface area contributed by atoms with Gasteiger partial charge in [-0.15, -0.1) is 0 Å². The van der Waals surface area contributed by atoms with E-state index in [1.807, 2.05) is 6.07 Å². The Kier molecular flexibility index (Phi) is 4.26. The van der Waals surface area contributed by atoms with Crippen LogP contribution in [0.15, 0.2) is 42.5 Å². The van der Waals surface area contributed by atoms with E-state index >= 15 is 0 Å². The van der Waals surface area contributed by atoms with Crippen molar-refractivity contribution in [2.45, 2.75) is 0 Å². The zero-order chi connectivity index (χ0) is 15.2. The molecule has 0 aliphatic rings. The largest absolute Gasteiger partial charge is 0.495 e. The summed E-state index contributed by atoms with van der Waals surface area (Å²) >= 11 is 0. The maximum atomic E-state index is 11.8. The molecule has 2 amide bonds. The third-order valence-electron chi connectivity index (χ3n) is 2.76. The number of carbonyl (C=O) groups is 1. The van der Waals surface area contributed by atoms with Gasteiger partial charge in [-0.25, -0.2) is 4.79 Å². The summed E-state index contributed by atoms with van der Waals surface area (Å²) in [5.74, 6) is 0.549. The number of nitriles is 1. The fourth-order valence-electron chi connectivity index (χ4n) is 1.73. The number of hydrogen-bond donors (Lipinski definition) is 3. The number of amides is 2. The number of nitrogens with zero attached hydrogens (tertiary/aromatic N) is 1. The van der Waals surface area contributed by atoms with Crippen molar-refractivity contribution in [3.8, 4) is 11.8 Å². The predicted octanol–water partition coefficient (Wildman–Crippen LogP) is 2.79. The van der Waals surface area contributed by atoms with Crippen molar-refractivity contribution in [2.24, 2.45) is 0 Å². The molecule has 0 aliphatic heterocycles. The van der Waals surface area contributed by atoms with Crippen LogP contribution in [0.2, 0.25) is 0 Å². The predicted molar refractivity (Wildman–Crippen MR) is 81.2 cm³/mol. The van der Waals surface area contributed by atoms with Crippen LogP contribution >= 0.6 is 0 Å². The van der Waals surface area contributed by atoms with Gasteiger partial charge >= 0.3 is 6.03 Å². The Morgan fingerprint density at radius 2 is 1.76 bits per heavy atom. The lowest BCUT2D eigenvalue weighted by Crippen LogP contribution is -2.19. The summed E-state index contributed by atoms with van der Waals surface area (Å²) in [5.41, 5.74) is 7.88. The number of benzene rings is 2. The smallest absolute Gasteiger partial charge is 0.323 e. The monoisotopic (exact) mass is 282 g/mol. The number of nitrogen functional groups attached to an aromatic ring is 1. The van der Waals surface area contributed by atoms with Crippen LogP contribution in [0.25, 0.3) is 0 Å². The maximum absolute atomic E-state index is 11.8. The number of methoxy groups -OCH3 is 1. The minimum atomic E-state index is -0.399. The van der Waals surface area contributed by atoms with E-state index in [4.69, 9.17) is 15.7 Å². The van der Waals surface area contributed by atoms with Crippen LogP contribution in [0, 0.1) is 11.3 Å². The van der Waals surface area contributed by atoms with Gasteiger partial charge in [0.1, 0.15) is 5.75 Å². The first kappa shape index (κ1) is 14.2. The number of nitrogens with one attached hydrogen (secondary N) is 2. The summed E-state index contributed by atoms with van der Waals surface area (Å²) in [6, 6.07) is 13.1. The van der Waals surface area contributed by atoms with E-state index in [1.54, 1.807) is 42.5 Å². The van der Waals surface area contributed by atoms with Crippen LogP contribution in [0.4, 0.5) is 21.9 Å². The van der Waals surface area contributed by atoms with Crippen LogP contribution in [0.1, 0.15) is 5.56 Å². The fourth-order valence-corrected chi connectivity index (χ4v) is 1.73. The van der Waals surface area contributed by atoms with Crippen LogP contribution < -0.4 is 21.1 Å². The molecule has 0 aliphatic carbocycles. The summed E-state index contributed by atoms with van der Waals surface area (Å²) in [5, 5.41) is 14.0. The Hall–Kier alpha value is -3.20. The van der Waals surface area contributed by atoms with Crippen molar-refractivity contribution in [3.63, 3.8) is 0 Å². The SMILES string of the molecule is COc1ccc(NC(=O)Nc2ccc(C#N)cc2)cc1N. The molecule has 0 spiro atoms. The van der Waals surface area contributed by atoms with E-state index in [-0.39, 0.29) is 0 Å². The normalized spacial score (nSPS) is 9.52. The van der Waals surface area contributed by atoms with Crippen LogP contribution in [-0.4, -0.2) is 13.1 Å². The lowest BCUT2D eigenvalue weighted by atomic mass is 10.2. The highest BCUT2D eigenvalue weighted by Gasteiger charge is 2.05. The number of hydrogen-bond acceptors (Lipinski definition) is 4. The standard InChI is InChI=1S/C15H14N4O2/c1-21-14-7-6-12(8-13(14)17)19-15(20)18-11-4-2-10(9-16)3-5-11/h2-8H,17H2,1H3,(H2,18,19,20). The summed E-state index contributed by atoms with van der Waals surface area (Å²) in [6.45, 7) is 0. The van der Waals surface area contributed by atoms with E-state index in [9.17, 15) is 4.79 Å². The molecule has 2 aromatic carbocycles. The maximum Gasteiger partial charge on any atom is 0.323 e. The van der Waals surface area contributed by atoms with Gasteiger partial charge in [-0.2, -0.15) is 5.26 Å². The van der Waals surface area contributed by atoms with E-state index in [1.165, 1.54) is 7.11 Å². The van der Waals surface area contributed by atoms with Gasteiger partial charge in [0.05, 0.1) is 24.4 Å². The second-order valence-corrected chi connectivity index (χ2v) is 4.23. The molecule has 0 bridgehead atoms. The average Bonchev–Trinajstić information content (AvgIpc) is 2.48. The Balaban J connectivity index is 2.01. The third-order valence-corrected chi connectivity index (χ3v) is 2.76. The minimum Gasteiger partial charge on any atom is -0.495 e. The molecule has 106 valence electrons. The molecular formula is C15H14N4O2. The molecule has 2 aromatic rings. The fraction of sp³-hybridized carbons (Fsp3) is 0.0667. The summed E-state index contributed by atoms with van der Waals surface area (Å²) in [6.07, 6.45) is 0. The topological polar surface area (TPSA) is 100 Å². The Labute approximate surface area is 122 Å². The van der Waals surface area contributed by atoms with Gasteiger partial charge in [0.15, 0.2) is 0 Å². The first-order valence-electron chi connectivity index (χ1n) is 6.14. The zero-order valence-electron chi connectivity index (χ0n) is 11.4. The molecule has 0 saturated heterocycles. The van der Waals surface area contributed by atoms with E-state index in [0.717, 1.165) is 0 Å². The van der Waals surface area contributed by atoms with Crippen molar-refractivity contribution in [1.29, 1.82) is 5.26 Å². The zero-order valence-corrected chi connectivity index (χ0v) is 11.4. The molecule has 0 heterocycles.